The van der Waals surface area contributed by atoms with Gasteiger partial charge >= 0.3 is 0 Å². The molecule has 3 aromatic carbocycles. The van der Waals surface area contributed by atoms with Crippen molar-refractivity contribution < 1.29 is 9.84 Å². The number of nitrogens with zero attached hydrogens (tertiary/aromatic N) is 3. The number of rotatable bonds is 4. The van der Waals surface area contributed by atoms with E-state index in [-0.39, 0.29) is 5.75 Å². The zero-order valence-electron chi connectivity index (χ0n) is 19.4. The Morgan fingerprint density at radius 3 is 2.49 bits per heavy atom. The number of benzene rings is 3. The van der Waals surface area contributed by atoms with Gasteiger partial charge in [-0.3, -0.25) is 4.57 Å². The summed E-state index contributed by atoms with van der Waals surface area (Å²) in [5.41, 5.74) is 6.54. The molecule has 0 bridgehead atoms. The lowest BCUT2D eigenvalue weighted by Gasteiger charge is -2.12. The van der Waals surface area contributed by atoms with Gasteiger partial charge in [0.2, 0.25) is 5.88 Å². The van der Waals surface area contributed by atoms with E-state index < -0.39 is 0 Å². The molecule has 5 nitrogen and oxygen atoms in total. The molecule has 0 atom stereocenters. The van der Waals surface area contributed by atoms with Crippen molar-refractivity contribution in [1.29, 1.82) is 0 Å². The summed E-state index contributed by atoms with van der Waals surface area (Å²) in [5, 5.41) is 12.9. The van der Waals surface area contributed by atoms with Crippen molar-refractivity contribution in [3.05, 3.63) is 108 Å². The lowest BCUT2D eigenvalue weighted by Crippen LogP contribution is -1.98. The fourth-order valence-corrected chi connectivity index (χ4v) is 4.57. The first kappa shape index (κ1) is 20.9. The third-order valence-electron chi connectivity index (χ3n) is 6.18. The second-order valence-electron chi connectivity index (χ2n) is 8.67. The molecule has 3 aromatic heterocycles. The van der Waals surface area contributed by atoms with Gasteiger partial charge in [0.1, 0.15) is 17.1 Å². The van der Waals surface area contributed by atoms with Gasteiger partial charge in [-0.25, -0.2) is 9.97 Å². The van der Waals surface area contributed by atoms with E-state index in [0.29, 0.717) is 17.3 Å². The Hall–Kier alpha value is -4.64. The normalized spacial score (nSPS) is 11.3. The number of aromatic nitrogens is 3. The van der Waals surface area contributed by atoms with Crippen LogP contribution in [0.25, 0.3) is 38.9 Å². The van der Waals surface area contributed by atoms with E-state index in [9.17, 15) is 5.11 Å². The lowest BCUT2D eigenvalue weighted by atomic mass is 10.0. The summed E-state index contributed by atoms with van der Waals surface area (Å²) in [4.78, 5) is 9.41. The van der Waals surface area contributed by atoms with Crippen molar-refractivity contribution in [3.8, 4) is 34.3 Å². The van der Waals surface area contributed by atoms with Gasteiger partial charge in [-0.05, 0) is 67.9 Å². The second-order valence-corrected chi connectivity index (χ2v) is 8.67. The van der Waals surface area contributed by atoms with Crippen molar-refractivity contribution in [2.75, 3.05) is 0 Å². The molecule has 0 radical (unpaired) electrons. The van der Waals surface area contributed by atoms with Crippen molar-refractivity contribution in [1.82, 2.24) is 14.5 Å². The van der Waals surface area contributed by atoms with Gasteiger partial charge in [0, 0.05) is 28.6 Å². The highest BCUT2D eigenvalue weighted by atomic mass is 16.5. The monoisotopic (exact) mass is 457 g/mol. The molecule has 35 heavy (non-hydrogen) atoms. The van der Waals surface area contributed by atoms with Crippen LogP contribution in [0.4, 0.5) is 0 Å². The first-order valence-corrected chi connectivity index (χ1v) is 11.5. The molecule has 170 valence electrons. The van der Waals surface area contributed by atoms with Gasteiger partial charge in [0.15, 0.2) is 0 Å². The molecule has 0 aliphatic carbocycles. The van der Waals surface area contributed by atoms with Crippen LogP contribution in [-0.2, 0) is 0 Å². The van der Waals surface area contributed by atoms with Crippen LogP contribution in [0.2, 0.25) is 0 Å². The fourth-order valence-electron chi connectivity index (χ4n) is 4.57. The van der Waals surface area contributed by atoms with Gasteiger partial charge in [0.05, 0.1) is 16.9 Å². The van der Waals surface area contributed by atoms with Crippen LogP contribution < -0.4 is 4.74 Å². The zero-order chi connectivity index (χ0) is 23.9. The first-order chi connectivity index (χ1) is 17.1. The minimum atomic E-state index is 0.210. The number of aryl methyl sites for hydroxylation is 2. The molecular weight excluding hydrogens is 434 g/mol. The summed E-state index contributed by atoms with van der Waals surface area (Å²) < 4.78 is 8.00. The number of aromatic hydroxyl groups is 1. The molecule has 0 aliphatic rings. The summed E-state index contributed by atoms with van der Waals surface area (Å²) in [6.45, 7) is 4.16. The molecule has 0 amide bonds. The van der Waals surface area contributed by atoms with Crippen LogP contribution in [0.3, 0.4) is 0 Å². The number of phenolic OH excluding ortho intramolecular Hbond substituents is 1. The molecule has 0 aliphatic heterocycles. The summed E-state index contributed by atoms with van der Waals surface area (Å²) in [5.74, 6) is 1.45. The first-order valence-electron chi connectivity index (χ1n) is 11.5. The van der Waals surface area contributed by atoms with Gasteiger partial charge in [-0.2, -0.15) is 0 Å². The van der Waals surface area contributed by atoms with E-state index in [4.69, 9.17) is 9.72 Å². The van der Waals surface area contributed by atoms with Crippen LogP contribution in [0.5, 0.6) is 17.4 Å². The molecule has 0 unspecified atom stereocenters. The number of pyridine rings is 2. The number of hydrogen-bond donors (Lipinski definition) is 1. The summed E-state index contributed by atoms with van der Waals surface area (Å²) >= 11 is 0. The van der Waals surface area contributed by atoms with E-state index in [0.717, 1.165) is 38.8 Å². The topological polar surface area (TPSA) is 60.2 Å². The maximum Gasteiger partial charge on any atom is 0.219 e. The van der Waals surface area contributed by atoms with Crippen LogP contribution in [-0.4, -0.2) is 19.6 Å². The number of phenols is 1. The van der Waals surface area contributed by atoms with Crippen LogP contribution in [0.15, 0.2) is 97.2 Å². The van der Waals surface area contributed by atoms with Crippen molar-refractivity contribution in [3.63, 3.8) is 0 Å². The van der Waals surface area contributed by atoms with Crippen LogP contribution in [0.1, 0.15) is 11.1 Å². The predicted octanol–water partition coefficient (Wildman–Crippen LogP) is 7.36. The molecule has 5 heteroatoms. The SMILES string of the molecule is Cc1ccc2c(c1)c1cc(C)c(-c3cccc(Oc4ccccn4)c3)nc1n2-c1ccccc1O. The lowest BCUT2D eigenvalue weighted by molar-refractivity contribution is 0.463. The van der Waals surface area contributed by atoms with E-state index in [1.54, 1.807) is 12.3 Å². The molecule has 0 spiro atoms. The van der Waals surface area contributed by atoms with Crippen molar-refractivity contribution in [2.45, 2.75) is 13.8 Å². The molecule has 3 heterocycles. The Balaban J connectivity index is 1.57. The minimum Gasteiger partial charge on any atom is -0.506 e. The predicted molar refractivity (Wildman–Crippen MR) is 139 cm³/mol. The second kappa shape index (κ2) is 8.29. The van der Waals surface area contributed by atoms with Gasteiger partial charge in [0.25, 0.3) is 0 Å². The van der Waals surface area contributed by atoms with E-state index in [1.165, 1.54) is 5.56 Å². The number of ether oxygens (including phenoxy) is 1. The number of fused-ring (bicyclic) bond motifs is 3. The quantitative estimate of drug-likeness (QED) is 0.300. The van der Waals surface area contributed by atoms with E-state index in [1.807, 2.05) is 65.2 Å². The Labute approximate surface area is 202 Å². The third-order valence-corrected chi connectivity index (χ3v) is 6.18. The highest BCUT2D eigenvalue weighted by Gasteiger charge is 2.18. The molecular formula is C30H23N3O2. The Bertz CT molecular complexity index is 1700. The summed E-state index contributed by atoms with van der Waals surface area (Å²) in [6, 6.07) is 29.4. The maximum atomic E-state index is 10.7. The smallest absolute Gasteiger partial charge is 0.219 e. The van der Waals surface area contributed by atoms with Gasteiger partial charge in [-0.1, -0.05) is 42.0 Å². The average Bonchev–Trinajstić information content (AvgIpc) is 3.17. The molecule has 0 saturated heterocycles. The van der Waals surface area contributed by atoms with Gasteiger partial charge in [-0.15, -0.1) is 0 Å². The summed E-state index contributed by atoms with van der Waals surface area (Å²) in [7, 11) is 0. The fraction of sp³-hybridized carbons (Fsp3) is 0.0667. The minimum absolute atomic E-state index is 0.210. The maximum absolute atomic E-state index is 10.7. The molecule has 0 fully saturated rings. The highest BCUT2D eigenvalue weighted by molar-refractivity contribution is 6.09. The molecule has 0 saturated carbocycles. The van der Waals surface area contributed by atoms with Crippen LogP contribution in [0, 0.1) is 13.8 Å². The van der Waals surface area contributed by atoms with Crippen molar-refractivity contribution >= 4 is 21.9 Å². The molecule has 6 aromatic rings. The van der Waals surface area contributed by atoms with E-state index >= 15 is 0 Å². The number of para-hydroxylation sites is 2. The summed E-state index contributed by atoms with van der Waals surface area (Å²) in [6.07, 6.45) is 1.71. The Morgan fingerprint density at radius 1 is 0.800 bits per heavy atom. The molecule has 6 rings (SSSR count). The number of hydrogen-bond acceptors (Lipinski definition) is 4. The highest BCUT2D eigenvalue weighted by Crippen LogP contribution is 2.37. The third kappa shape index (κ3) is 3.67. The standard InChI is InChI=1S/C30H23N3O2/c1-19-13-14-25-23(16-19)24-17-20(2)29(32-30(24)33(25)26-10-3-4-11-27(26)34)21-8-7-9-22(18-21)35-28-12-5-6-15-31-28/h3-18,34H,1-2H3. The largest absolute Gasteiger partial charge is 0.506 e. The Kier molecular flexibility index (Phi) is 4.96. The molecule has 1 N–H and O–H groups in total. The van der Waals surface area contributed by atoms with Crippen molar-refractivity contribution in [2.24, 2.45) is 0 Å². The van der Waals surface area contributed by atoms with Gasteiger partial charge < -0.3 is 9.84 Å². The zero-order valence-corrected chi connectivity index (χ0v) is 19.4. The Morgan fingerprint density at radius 2 is 1.66 bits per heavy atom. The van der Waals surface area contributed by atoms with Crippen LogP contribution >= 0.6 is 0 Å². The average molecular weight is 458 g/mol. The van der Waals surface area contributed by atoms with E-state index in [2.05, 4.69) is 43.1 Å².